The number of aryl methyl sites for hydroxylation is 1. The SMILES string of the molecule is C=CC1OC(/C=C/C)=CN1C(=O)c1cc(OC)c(OCCCOC)cc1C. The Morgan fingerprint density at radius 1 is 1.30 bits per heavy atom. The van der Waals surface area contributed by atoms with Gasteiger partial charge in [-0.25, -0.2) is 0 Å². The lowest BCUT2D eigenvalue weighted by Crippen LogP contribution is -2.32. The number of amides is 1. The number of ether oxygens (including phenoxy) is 4. The molecular weight excluding hydrogens is 346 g/mol. The zero-order valence-corrected chi connectivity index (χ0v) is 16.4. The van der Waals surface area contributed by atoms with Gasteiger partial charge < -0.3 is 18.9 Å². The summed E-state index contributed by atoms with van der Waals surface area (Å²) in [5.41, 5.74) is 1.31. The van der Waals surface area contributed by atoms with E-state index in [1.807, 2.05) is 26.0 Å². The van der Waals surface area contributed by atoms with Crippen LogP contribution in [0.5, 0.6) is 11.5 Å². The molecular formula is C21H27NO5. The molecule has 1 aromatic carbocycles. The van der Waals surface area contributed by atoms with Crippen LogP contribution in [0.25, 0.3) is 0 Å². The van der Waals surface area contributed by atoms with Crippen LogP contribution in [0, 0.1) is 6.92 Å². The van der Waals surface area contributed by atoms with Crippen molar-refractivity contribution in [2.24, 2.45) is 0 Å². The maximum Gasteiger partial charge on any atom is 0.261 e. The van der Waals surface area contributed by atoms with E-state index < -0.39 is 6.23 Å². The van der Waals surface area contributed by atoms with E-state index in [9.17, 15) is 4.79 Å². The summed E-state index contributed by atoms with van der Waals surface area (Å²) in [5, 5.41) is 0. The molecule has 6 heteroatoms. The summed E-state index contributed by atoms with van der Waals surface area (Å²) in [6.07, 6.45) is 7.14. The lowest BCUT2D eigenvalue weighted by molar-refractivity contribution is 0.0549. The highest BCUT2D eigenvalue weighted by atomic mass is 16.5. The molecule has 2 rings (SSSR count). The van der Waals surface area contributed by atoms with Gasteiger partial charge >= 0.3 is 0 Å². The van der Waals surface area contributed by atoms with Crippen molar-refractivity contribution in [2.45, 2.75) is 26.5 Å². The van der Waals surface area contributed by atoms with Gasteiger partial charge in [0.15, 0.2) is 17.7 Å². The van der Waals surface area contributed by atoms with Gasteiger partial charge in [-0.1, -0.05) is 12.7 Å². The Hall–Kier alpha value is -2.73. The van der Waals surface area contributed by atoms with Gasteiger partial charge in [0.1, 0.15) is 5.76 Å². The van der Waals surface area contributed by atoms with Gasteiger partial charge in [-0.05, 0) is 43.7 Å². The monoisotopic (exact) mass is 373 g/mol. The first-order chi connectivity index (χ1) is 13.0. The van der Waals surface area contributed by atoms with Crippen LogP contribution in [-0.2, 0) is 9.47 Å². The number of methoxy groups -OCH3 is 2. The first kappa shape index (κ1) is 20.6. The molecule has 146 valence electrons. The van der Waals surface area contributed by atoms with Crippen LogP contribution >= 0.6 is 0 Å². The van der Waals surface area contributed by atoms with Gasteiger partial charge in [0.05, 0.1) is 19.9 Å². The molecule has 0 spiro atoms. The third-order valence-electron chi connectivity index (χ3n) is 4.06. The summed E-state index contributed by atoms with van der Waals surface area (Å²) in [4.78, 5) is 14.6. The minimum atomic E-state index is -0.543. The summed E-state index contributed by atoms with van der Waals surface area (Å²) < 4.78 is 21.9. The van der Waals surface area contributed by atoms with Crippen molar-refractivity contribution in [3.05, 3.63) is 60.0 Å². The highest BCUT2D eigenvalue weighted by Gasteiger charge is 2.30. The molecule has 1 amide bonds. The topological polar surface area (TPSA) is 57.2 Å². The third-order valence-corrected chi connectivity index (χ3v) is 4.06. The molecule has 0 aromatic heterocycles. The number of hydrogen-bond donors (Lipinski definition) is 0. The number of allylic oxidation sites excluding steroid dienone is 2. The van der Waals surface area contributed by atoms with Gasteiger partial charge in [0.2, 0.25) is 0 Å². The second kappa shape index (κ2) is 9.83. The van der Waals surface area contributed by atoms with Crippen LogP contribution in [0.4, 0.5) is 0 Å². The Morgan fingerprint density at radius 2 is 2.07 bits per heavy atom. The molecule has 1 atom stereocenters. The van der Waals surface area contributed by atoms with E-state index in [0.717, 1.165) is 12.0 Å². The van der Waals surface area contributed by atoms with Crippen molar-refractivity contribution in [1.29, 1.82) is 0 Å². The molecule has 0 radical (unpaired) electrons. The van der Waals surface area contributed by atoms with Crippen LogP contribution in [0.15, 0.2) is 48.9 Å². The predicted molar refractivity (Wildman–Crippen MR) is 104 cm³/mol. The van der Waals surface area contributed by atoms with Crippen molar-refractivity contribution >= 4 is 5.91 Å². The van der Waals surface area contributed by atoms with Crippen LogP contribution in [0.1, 0.15) is 29.3 Å². The molecule has 1 aromatic rings. The van der Waals surface area contributed by atoms with E-state index >= 15 is 0 Å². The van der Waals surface area contributed by atoms with E-state index in [-0.39, 0.29) is 5.91 Å². The Labute approximate surface area is 160 Å². The fraction of sp³-hybridized carbons (Fsp3) is 0.381. The zero-order chi connectivity index (χ0) is 19.8. The lowest BCUT2D eigenvalue weighted by atomic mass is 10.1. The predicted octanol–water partition coefficient (Wildman–Crippen LogP) is 3.82. The number of hydrogen-bond acceptors (Lipinski definition) is 5. The molecule has 0 N–H and O–H groups in total. The number of rotatable bonds is 9. The molecule has 0 saturated heterocycles. The van der Waals surface area contributed by atoms with Crippen LogP contribution < -0.4 is 9.47 Å². The first-order valence-corrected chi connectivity index (χ1v) is 8.82. The summed E-state index contributed by atoms with van der Waals surface area (Å²) in [6, 6.07) is 3.51. The average molecular weight is 373 g/mol. The van der Waals surface area contributed by atoms with E-state index in [1.165, 1.54) is 4.90 Å². The maximum atomic E-state index is 13.1. The van der Waals surface area contributed by atoms with Crippen molar-refractivity contribution in [1.82, 2.24) is 4.90 Å². The van der Waals surface area contributed by atoms with Crippen molar-refractivity contribution in [2.75, 3.05) is 27.4 Å². The zero-order valence-electron chi connectivity index (χ0n) is 16.4. The molecule has 0 fully saturated rings. The van der Waals surface area contributed by atoms with Gasteiger partial charge in [0.25, 0.3) is 5.91 Å². The van der Waals surface area contributed by atoms with Crippen molar-refractivity contribution in [3.63, 3.8) is 0 Å². The standard InChI is InChI=1S/C21H27NO5/c1-6-9-16-14-22(20(7-2)27-16)21(23)17-13-18(25-5)19(12-15(17)3)26-11-8-10-24-4/h6-7,9,12-14,20H,2,8,10-11H2,1,3-5H3/b9-6+. The van der Waals surface area contributed by atoms with E-state index in [1.54, 1.807) is 38.6 Å². The lowest BCUT2D eigenvalue weighted by Gasteiger charge is -2.21. The summed E-state index contributed by atoms with van der Waals surface area (Å²) >= 11 is 0. The number of carbonyl (C=O) groups excluding carboxylic acids is 1. The second-order valence-corrected chi connectivity index (χ2v) is 6.00. The fourth-order valence-corrected chi connectivity index (χ4v) is 2.71. The number of carbonyl (C=O) groups is 1. The van der Waals surface area contributed by atoms with Crippen molar-refractivity contribution < 1.29 is 23.7 Å². The highest BCUT2D eigenvalue weighted by Crippen LogP contribution is 2.32. The molecule has 0 aliphatic carbocycles. The fourth-order valence-electron chi connectivity index (χ4n) is 2.71. The van der Waals surface area contributed by atoms with Gasteiger partial charge in [0, 0.05) is 25.7 Å². The maximum absolute atomic E-state index is 13.1. The van der Waals surface area contributed by atoms with Crippen molar-refractivity contribution in [3.8, 4) is 11.5 Å². The molecule has 0 bridgehead atoms. The Kier molecular flexibility index (Phi) is 7.49. The Balaban J connectivity index is 2.26. The normalized spacial score (nSPS) is 16.2. The molecule has 1 heterocycles. The van der Waals surface area contributed by atoms with Gasteiger partial charge in [-0.3, -0.25) is 9.69 Å². The van der Waals surface area contributed by atoms with Crippen LogP contribution in [0.2, 0.25) is 0 Å². The van der Waals surface area contributed by atoms with Crippen LogP contribution in [-0.4, -0.2) is 44.5 Å². The molecule has 6 nitrogen and oxygen atoms in total. The summed E-state index contributed by atoms with van der Waals surface area (Å²) in [6.45, 7) is 8.63. The number of nitrogens with zero attached hydrogens (tertiary/aromatic N) is 1. The third kappa shape index (κ3) is 4.92. The van der Waals surface area contributed by atoms with Gasteiger partial charge in [-0.15, -0.1) is 0 Å². The molecule has 1 aliphatic rings. The average Bonchev–Trinajstić information content (AvgIpc) is 3.08. The minimum absolute atomic E-state index is 0.193. The Bertz CT molecular complexity index is 738. The first-order valence-electron chi connectivity index (χ1n) is 8.82. The molecule has 1 unspecified atom stereocenters. The second-order valence-electron chi connectivity index (χ2n) is 6.00. The Morgan fingerprint density at radius 3 is 2.70 bits per heavy atom. The van der Waals surface area contributed by atoms with E-state index in [0.29, 0.717) is 36.0 Å². The van der Waals surface area contributed by atoms with E-state index in [2.05, 4.69) is 6.58 Å². The van der Waals surface area contributed by atoms with E-state index in [4.69, 9.17) is 18.9 Å². The largest absolute Gasteiger partial charge is 0.493 e. The summed E-state index contributed by atoms with van der Waals surface area (Å²) in [5.74, 6) is 1.53. The van der Waals surface area contributed by atoms with Gasteiger partial charge in [-0.2, -0.15) is 0 Å². The number of benzene rings is 1. The summed E-state index contributed by atoms with van der Waals surface area (Å²) in [7, 11) is 3.20. The molecule has 1 aliphatic heterocycles. The quantitative estimate of drug-likeness (QED) is 0.486. The molecule has 0 saturated carbocycles. The smallest absolute Gasteiger partial charge is 0.261 e. The van der Waals surface area contributed by atoms with Crippen LogP contribution in [0.3, 0.4) is 0 Å². The molecule has 27 heavy (non-hydrogen) atoms. The highest BCUT2D eigenvalue weighted by molar-refractivity contribution is 5.97. The minimum Gasteiger partial charge on any atom is -0.493 e.